The van der Waals surface area contributed by atoms with E-state index >= 15 is 0 Å². The molecule has 0 aliphatic rings. The highest BCUT2D eigenvalue weighted by Gasteiger charge is 2.20. The zero-order chi connectivity index (χ0) is 22.8. The van der Waals surface area contributed by atoms with Crippen molar-refractivity contribution in [1.29, 1.82) is 0 Å². The van der Waals surface area contributed by atoms with Crippen molar-refractivity contribution in [1.82, 2.24) is 5.32 Å². The van der Waals surface area contributed by atoms with Gasteiger partial charge in [-0.3, -0.25) is 9.59 Å². The van der Waals surface area contributed by atoms with Crippen molar-refractivity contribution in [3.8, 4) is 11.1 Å². The summed E-state index contributed by atoms with van der Waals surface area (Å²) in [6, 6.07) is 10.8. The first-order valence-corrected chi connectivity index (χ1v) is 11.1. The van der Waals surface area contributed by atoms with Crippen molar-refractivity contribution >= 4 is 31.7 Å². The van der Waals surface area contributed by atoms with E-state index in [9.17, 15) is 18.5 Å². The predicted octanol–water partition coefficient (Wildman–Crippen LogP) is 4.18. The van der Waals surface area contributed by atoms with E-state index in [1.165, 1.54) is 18.2 Å². The molecule has 1 amide bonds. The summed E-state index contributed by atoms with van der Waals surface area (Å²) < 4.78 is 34.1. The third-order valence-corrected chi connectivity index (χ3v) is 4.93. The molecule has 0 aliphatic heterocycles. The zero-order valence-electron chi connectivity index (χ0n) is 16.8. The highest BCUT2D eigenvalue weighted by Crippen LogP contribution is 2.26. The molecule has 0 aliphatic carbocycles. The Labute approximate surface area is 185 Å². The molecule has 1 unspecified atom stereocenters. The number of hydrogen-bond donors (Lipinski definition) is 2. The van der Waals surface area contributed by atoms with Gasteiger partial charge >= 0.3 is 14.2 Å². The largest absolute Gasteiger partial charge is 0.694 e. The van der Waals surface area contributed by atoms with Gasteiger partial charge in [0, 0.05) is 21.2 Å². The van der Waals surface area contributed by atoms with Gasteiger partial charge in [-0.1, -0.05) is 35.9 Å². The van der Waals surface area contributed by atoms with Gasteiger partial charge in [-0.25, -0.2) is 4.39 Å². The fourth-order valence-electron chi connectivity index (χ4n) is 2.94. The Morgan fingerprint density at radius 3 is 2.58 bits per heavy atom. The molecular formula is C21H23ClFNO6P+. The molecule has 2 aromatic rings. The number of nitrogens with one attached hydrogen (secondary N) is 1. The Balaban J connectivity index is 2.08. The summed E-state index contributed by atoms with van der Waals surface area (Å²) >= 11 is 5.95. The van der Waals surface area contributed by atoms with Gasteiger partial charge in [0.05, 0.1) is 19.4 Å². The van der Waals surface area contributed by atoms with E-state index < -0.39 is 32.0 Å². The number of ether oxygens (including phenoxy) is 1. The average molecular weight is 471 g/mol. The monoisotopic (exact) mass is 470 g/mol. The van der Waals surface area contributed by atoms with E-state index in [1.807, 2.05) is 0 Å². The van der Waals surface area contributed by atoms with E-state index in [1.54, 1.807) is 31.2 Å². The Hall–Kier alpha value is -2.38. The van der Waals surface area contributed by atoms with Gasteiger partial charge in [-0.2, -0.15) is 0 Å². The first kappa shape index (κ1) is 24.9. The van der Waals surface area contributed by atoms with Crippen molar-refractivity contribution in [2.24, 2.45) is 0 Å². The number of amides is 1. The van der Waals surface area contributed by atoms with E-state index in [2.05, 4.69) is 9.84 Å². The standard InChI is InChI=1S/C21H22ClFNO6P/c1-2-29-21(26)13-17(24-20(25)9-10-30-31(27)28)11-14-3-5-15(6-4-14)18-12-16(22)7-8-19(18)23/h3-8,12,17H,2,9-11,13H2,1H3,(H-,24,25,27,28)/p+1/t17-/m1/s1. The normalized spacial score (nSPS) is 12.2. The summed E-state index contributed by atoms with van der Waals surface area (Å²) in [5.41, 5.74) is 1.83. The predicted molar refractivity (Wildman–Crippen MR) is 114 cm³/mol. The van der Waals surface area contributed by atoms with E-state index in [4.69, 9.17) is 21.2 Å². The minimum absolute atomic E-state index is 0.0423. The molecule has 10 heteroatoms. The number of benzene rings is 2. The van der Waals surface area contributed by atoms with Gasteiger partial charge in [-0.05, 0) is 42.7 Å². The summed E-state index contributed by atoms with van der Waals surface area (Å²) in [6.07, 6.45) is 0.158. The lowest BCUT2D eigenvalue weighted by Crippen LogP contribution is -2.38. The van der Waals surface area contributed by atoms with Crippen LogP contribution in [0.15, 0.2) is 42.5 Å². The van der Waals surface area contributed by atoms with E-state index in [0.29, 0.717) is 22.6 Å². The second-order valence-electron chi connectivity index (χ2n) is 6.62. The number of carbonyl (C=O) groups excluding carboxylic acids is 2. The lowest BCUT2D eigenvalue weighted by molar-refractivity contribution is -0.143. The maximum absolute atomic E-state index is 14.1. The molecule has 0 spiro atoms. The summed E-state index contributed by atoms with van der Waals surface area (Å²) in [4.78, 5) is 32.6. The second-order valence-corrected chi connectivity index (χ2v) is 7.79. The number of hydrogen-bond acceptors (Lipinski definition) is 5. The molecular weight excluding hydrogens is 448 g/mol. The summed E-state index contributed by atoms with van der Waals surface area (Å²) in [7, 11) is -2.78. The van der Waals surface area contributed by atoms with Crippen molar-refractivity contribution in [3.05, 3.63) is 58.9 Å². The summed E-state index contributed by atoms with van der Waals surface area (Å²) in [5, 5.41) is 3.14. The fourth-order valence-corrected chi connectivity index (χ4v) is 3.35. The fraction of sp³-hybridized carbons (Fsp3) is 0.333. The van der Waals surface area contributed by atoms with Gasteiger partial charge in [0.1, 0.15) is 12.4 Å². The molecule has 0 bridgehead atoms. The third kappa shape index (κ3) is 8.71. The van der Waals surface area contributed by atoms with Gasteiger partial charge in [0.25, 0.3) is 0 Å². The van der Waals surface area contributed by atoms with Crippen LogP contribution in [0.25, 0.3) is 11.1 Å². The van der Waals surface area contributed by atoms with Crippen LogP contribution < -0.4 is 5.32 Å². The molecule has 2 aromatic carbocycles. The number of halogens is 2. The quantitative estimate of drug-likeness (QED) is 0.377. The highest BCUT2D eigenvalue weighted by molar-refractivity contribution is 7.32. The van der Waals surface area contributed by atoms with Crippen LogP contribution in [0.4, 0.5) is 4.39 Å². The Morgan fingerprint density at radius 2 is 1.94 bits per heavy atom. The topological polar surface area (TPSA) is 102 Å². The highest BCUT2D eigenvalue weighted by atomic mass is 35.5. The van der Waals surface area contributed by atoms with Crippen LogP contribution in [0.1, 0.15) is 25.3 Å². The molecule has 0 saturated carbocycles. The first-order chi connectivity index (χ1) is 14.8. The molecule has 0 aromatic heterocycles. The molecule has 7 nitrogen and oxygen atoms in total. The van der Waals surface area contributed by atoms with E-state index in [0.717, 1.165) is 5.56 Å². The van der Waals surface area contributed by atoms with Gasteiger partial charge in [-0.15, -0.1) is 9.42 Å². The van der Waals surface area contributed by atoms with Crippen LogP contribution >= 0.6 is 19.9 Å². The minimum atomic E-state index is -2.78. The maximum Gasteiger partial charge on any atom is 0.694 e. The lowest BCUT2D eigenvalue weighted by atomic mass is 9.99. The van der Waals surface area contributed by atoms with Gasteiger partial charge in [0.2, 0.25) is 5.91 Å². The molecule has 0 fully saturated rings. The Kier molecular flexibility index (Phi) is 10.0. The van der Waals surface area contributed by atoms with Crippen LogP contribution in [0, 0.1) is 5.82 Å². The molecule has 2 rings (SSSR count). The van der Waals surface area contributed by atoms with Crippen LogP contribution in [0.5, 0.6) is 0 Å². The van der Waals surface area contributed by atoms with Crippen molar-refractivity contribution in [2.45, 2.75) is 32.2 Å². The maximum atomic E-state index is 14.1. The zero-order valence-corrected chi connectivity index (χ0v) is 18.5. The summed E-state index contributed by atoms with van der Waals surface area (Å²) in [6.45, 7) is 1.69. The number of rotatable bonds is 11. The van der Waals surface area contributed by atoms with Crippen LogP contribution in [0.3, 0.4) is 0 Å². The first-order valence-electron chi connectivity index (χ1n) is 9.57. The average Bonchev–Trinajstić information content (AvgIpc) is 2.70. The van der Waals surface area contributed by atoms with Crippen LogP contribution in [0.2, 0.25) is 5.02 Å². The molecule has 2 atom stereocenters. The van der Waals surface area contributed by atoms with Crippen molar-refractivity contribution < 1.29 is 32.7 Å². The van der Waals surface area contributed by atoms with Crippen LogP contribution in [-0.2, 0) is 29.8 Å². The Morgan fingerprint density at radius 1 is 1.23 bits per heavy atom. The molecule has 0 heterocycles. The SMILES string of the molecule is CCOC(=O)C[C@@H](Cc1ccc(-c2cc(Cl)ccc2F)cc1)NC(=O)CCO[P+](=O)O. The molecule has 2 N–H and O–H groups in total. The molecule has 31 heavy (non-hydrogen) atoms. The second kappa shape index (κ2) is 12.5. The third-order valence-electron chi connectivity index (χ3n) is 4.29. The van der Waals surface area contributed by atoms with E-state index in [-0.39, 0.29) is 26.1 Å². The molecule has 0 radical (unpaired) electrons. The van der Waals surface area contributed by atoms with Crippen LogP contribution in [-0.4, -0.2) is 36.0 Å². The van der Waals surface area contributed by atoms with Gasteiger partial charge in [0.15, 0.2) is 0 Å². The van der Waals surface area contributed by atoms with Crippen molar-refractivity contribution in [3.63, 3.8) is 0 Å². The number of esters is 1. The smallest absolute Gasteiger partial charge is 0.466 e. The van der Waals surface area contributed by atoms with Crippen molar-refractivity contribution in [2.75, 3.05) is 13.2 Å². The molecule has 166 valence electrons. The number of carbonyl (C=O) groups is 2. The summed E-state index contributed by atoms with van der Waals surface area (Å²) in [5.74, 6) is -1.28. The minimum Gasteiger partial charge on any atom is -0.466 e. The Bertz CT molecular complexity index is 925. The lowest BCUT2D eigenvalue weighted by Gasteiger charge is -2.18. The molecule has 0 saturated heterocycles. The van der Waals surface area contributed by atoms with Gasteiger partial charge < -0.3 is 10.1 Å².